The predicted molar refractivity (Wildman–Crippen MR) is 119 cm³/mol. The van der Waals surface area contributed by atoms with Crippen LogP contribution in [0.5, 0.6) is 5.75 Å². The number of hydrogen-bond acceptors (Lipinski definition) is 4. The number of fused-ring (bicyclic) bond motifs is 2. The van der Waals surface area contributed by atoms with Gasteiger partial charge in [-0.15, -0.1) is 24.8 Å². The van der Waals surface area contributed by atoms with E-state index in [1.165, 1.54) is 12.8 Å². The molecule has 158 valence electrons. The van der Waals surface area contributed by atoms with Gasteiger partial charge in [0.25, 0.3) is 0 Å². The lowest BCUT2D eigenvalue weighted by molar-refractivity contribution is -0.122. The third kappa shape index (κ3) is 5.38. The molecule has 8 heteroatoms. The van der Waals surface area contributed by atoms with Crippen LogP contribution in [0.15, 0.2) is 18.2 Å². The standard InChI is InChI=1S/C20H28ClN3O2.2ClH/c1-26-19-5-2-14(21)11-18(19)24-7-6-17(12-24)23-20(25)10-13-8-15-3-4-16(9-13)22-15;;/h2,5,11,13,15-17,22H,3-4,6-10,12H2,1H3,(H,23,25);2*1H. The van der Waals surface area contributed by atoms with E-state index in [9.17, 15) is 4.79 Å². The molecule has 5 nitrogen and oxygen atoms in total. The highest BCUT2D eigenvalue weighted by atomic mass is 35.5. The van der Waals surface area contributed by atoms with Gasteiger partial charge in [0.2, 0.25) is 5.91 Å². The molecule has 1 aromatic rings. The molecular weight excluding hydrogens is 421 g/mol. The second-order valence-corrected chi connectivity index (χ2v) is 8.43. The van der Waals surface area contributed by atoms with Crippen LogP contribution in [0.4, 0.5) is 5.69 Å². The van der Waals surface area contributed by atoms with Gasteiger partial charge in [0.05, 0.1) is 12.8 Å². The molecular formula is C20H30Cl3N3O2. The predicted octanol–water partition coefficient (Wildman–Crippen LogP) is 3.81. The summed E-state index contributed by atoms with van der Waals surface area (Å²) in [4.78, 5) is 14.8. The van der Waals surface area contributed by atoms with Crippen LogP contribution in [-0.4, -0.2) is 44.2 Å². The maximum absolute atomic E-state index is 12.5. The number of nitrogens with one attached hydrogen (secondary N) is 2. The first-order valence-electron chi connectivity index (χ1n) is 9.74. The highest BCUT2D eigenvalue weighted by Crippen LogP contribution is 2.34. The van der Waals surface area contributed by atoms with Crippen molar-refractivity contribution >= 4 is 48.0 Å². The number of ether oxygens (including phenoxy) is 1. The van der Waals surface area contributed by atoms with E-state index in [1.54, 1.807) is 7.11 Å². The van der Waals surface area contributed by atoms with Crippen LogP contribution in [0.3, 0.4) is 0 Å². The van der Waals surface area contributed by atoms with Crippen molar-refractivity contribution in [3.63, 3.8) is 0 Å². The minimum atomic E-state index is 0. The third-order valence-electron chi connectivity index (χ3n) is 6.08. The van der Waals surface area contributed by atoms with Gasteiger partial charge in [-0.05, 0) is 56.2 Å². The quantitative estimate of drug-likeness (QED) is 0.716. The van der Waals surface area contributed by atoms with E-state index in [1.807, 2.05) is 18.2 Å². The summed E-state index contributed by atoms with van der Waals surface area (Å²) in [5, 5.41) is 7.60. The average Bonchev–Trinajstić information content (AvgIpc) is 3.21. The Bertz CT molecular complexity index is 664. The van der Waals surface area contributed by atoms with Crippen LogP contribution in [-0.2, 0) is 4.79 Å². The number of carbonyl (C=O) groups is 1. The fraction of sp³-hybridized carbons (Fsp3) is 0.650. The van der Waals surface area contributed by atoms with Crippen molar-refractivity contribution in [2.24, 2.45) is 5.92 Å². The number of amides is 1. The van der Waals surface area contributed by atoms with Gasteiger partial charge in [-0.2, -0.15) is 0 Å². The van der Waals surface area contributed by atoms with Gasteiger partial charge in [-0.3, -0.25) is 4.79 Å². The van der Waals surface area contributed by atoms with Crippen LogP contribution >= 0.6 is 36.4 Å². The SMILES string of the molecule is COc1ccc(Cl)cc1N1CCC(NC(=O)CC2CC3CCC(C2)N3)C1.Cl.Cl. The molecule has 1 amide bonds. The molecule has 2 N–H and O–H groups in total. The number of anilines is 1. The average molecular weight is 451 g/mol. The topological polar surface area (TPSA) is 53.6 Å². The van der Waals surface area contributed by atoms with Gasteiger partial charge in [0.15, 0.2) is 0 Å². The number of piperidine rings is 1. The summed E-state index contributed by atoms with van der Waals surface area (Å²) in [6, 6.07) is 7.16. The fourth-order valence-corrected chi connectivity index (χ4v) is 5.06. The molecule has 0 aliphatic carbocycles. The number of carbonyl (C=O) groups excluding carboxylic acids is 1. The molecule has 3 fully saturated rings. The van der Waals surface area contributed by atoms with E-state index in [0.29, 0.717) is 29.4 Å². The molecule has 3 heterocycles. The van der Waals surface area contributed by atoms with Crippen molar-refractivity contribution < 1.29 is 9.53 Å². The summed E-state index contributed by atoms with van der Waals surface area (Å²) in [5.41, 5.74) is 1.01. The molecule has 0 saturated carbocycles. The molecule has 0 radical (unpaired) electrons. The highest BCUT2D eigenvalue weighted by molar-refractivity contribution is 6.30. The summed E-state index contributed by atoms with van der Waals surface area (Å²) < 4.78 is 5.46. The first kappa shape index (κ1) is 23.4. The van der Waals surface area contributed by atoms with Crippen molar-refractivity contribution in [1.29, 1.82) is 0 Å². The molecule has 2 bridgehead atoms. The lowest BCUT2D eigenvalue weighted by Gasteiger charge is -2.29. The van der Waals surface area contributed by atoms with Crippen LogP contribution in [0.1, 0.15) is 38.5 Å². The largest absolute Gasteiger partial charge is 0.495 e. The first-order chi connectivity index (χ1) is 12.6. The van der Waals surface area contributed by atoms with Crippen molar-refractivity contribution in [2.75, 3.05) is 25.1 Å². The number of benzene rings is 1. The molecule has 0 spiro atoms. The molecule has 4 rings (SSSR count). The Morgan fingerprint density at radius 3 is 2.64 bits per heavy atom. The lowest BCUT2D eigenvalue weighted by Crippen LogP contribution is -2.42. The maximum Gasteiger partial charge on any atom is 0.220 e. The fourth-order valence-electron chi connectivity index (χ4n) is 4.90. The summed E-state index contributed by atoms with van der Waals surface area (Å²) in [7, 11) is 1.67. The highest BCUT2D eigenvalue weighted by Gasteiger charge is 2.34. The van der Waals surface area contributed by atoms with E-state index in [2.05, 4.69) is 15.5 Å². The molecule has 3 aliphatic heterocycles. The Morgan fingerprint density at radius 2 is 1.96 bits per heavy atom. The van der Waals surface area contributed by atoms with Gasteiger partial charge in [0.1, 0.15) is 5.75 Å². The zero-order valence-corrected chi connectivity index (χ0v) is 18.5. The van der Waals surface area contributed by atoms with Crippen LogP contribution in [0.25, 0.3) is 0 Å². The number of rotatable bonds is 5. The maximum atomic E-state index is 12.5. The minimum Gasteiger partial charge on any atom is -0.495 e. The van der Waals surface area contributed by atoms with Crippen LogP contribution in [0.2, 0.25) is 5.02 Å². The Balaban J connectivity index is 0.00000140. The van der Waals surface area contributed by atoms with E-state index >= 15 is 0 Å². The van der Waals surface area contributed by atoms with E-state index in [0.717, 1.165) is 43.8 Å². The Hall–Kier alpha value is -0.880. The lowest BCUT2D eigenvalue weighted by atomic mass is 9.89. The first-order valence-corrected chi connectivity index (χ1v) is 10.1. The van der Waals surface area contributed by atoms with E-state index < -0.39 is 0 Å². The molecule has 3 saturated heterocycles. The zero-order chi connectivity index (χ0) is 18.1. The van der Waals surface area contributed by atoms with Crippen molar-refractivity contribution in [3.05, 3.63) is 23.2 Å². The molecule has 0 aromatic heterocycles. The number of hydrogen-bond donors (Lipinski definition) is 2. The number of nitrogens with zero attached hydrogens (tertiary/aromatic N) is 1. The minimum absolute atomic E-state index is 0. The monoisotopic (exact) mass is 449 g/mol. The molecule has 1 aromatic carbocycles. The van der Waals surface area contributed by atoms with Crippen LogP contribution < -0.4 is 20.3 Å². The Morgan fingerprint density at radius 1 is 1.25 bits per heavy atom. The molecule has 3 aliphatic rings. The van der Waals surface area contributed by atoms with Crippen molar-refractivity contribution in [3.8, 4) is 5.75 Å². The molecule has 3 atom stereocenters. The molecule has 28 heavy (non-hydrogen) atoms. The number of methoxy groups -OCH3 is 1. The summed E-state index contributed by atoms with van der Waals surface area (Å²) >= 11 is 6.15. The third-order valence-corrected chi connectivity index (χ3v) is 6.31. The summed E-state index contributed by atoms with van der Waals surface area (Å²) in [6.45, 7) is 1.71. The van der Waals surface area contributed by atoms with Crippen molar-refractivity contribution in [1.82, 2.24) is 10.6 Å². The van der Waals surface area contributed by atoms with Crippen molar-refractivity contribution in [2.45, 2.75) is 56.7 Å². The van der Waals surface area contributed by atoms with Gasteiger partial charge < -0.3 is 20.3 Å². The van der Waals surface area contributed by atoms with Gasteiger partial charge in [0, 0.05) is 42.7 Å². The Labute approximate surface area is 184 Å². The molecule has 3 unspecified atom stereocenters. The summed E-state index contributed by atoms with van der Waals surface area (Å²) in [6.07, 6.45) is 6.50. The normalized spacial score (nSPS) is 28.3. The second-order valence-electron chi connectivity index (χ2n) is 7.99. The number of halogens is 3. The van der Waals surface area contributed by atoms with Gasteiger partial charge in [-0.25, -0.2) is 0 Å². The van der Waals surface area contributed by atoms with Gasteiger partial charge >= 0.3 is 0 Å². The zero-order valence-electron chi connectivity index (χ0n) is 16.2. The van der Waals surface area contributed by atoms with Crippen LogP contribution in [0, 0.1) is 5.92 Å². The summed E-state index contributed by atoms with van der Waals surface area (Å²) in [5.74, 6) is 1.58. The van der Waals surface area contributed by atoms with E-state index in [4.69, 9.17) is 16.3 Å². The van der Waals surface area contributed by atoms with E-state index in [-0.39, 0.29) is 36.8 Å². The van der Waals surface area contributed by atoms with Gasteiger partial charge in [-0.1, -0.05) is 11.6 Å². The smallest absolute Gasteiger partial charge is 0.220 e. The second kappa shape index (κ2) is 10.2. The Kier molecular flexibility index (Phi) is 8.56.